The highest BCUT2D eigenvalue weighted by Crippen LogP contribution is 2.28. The summed E-state index contributed by atoms with van der Waals surface area (Å²) in [5.74, 6) is -0.0558. The average Bonchev–Trinajstić information content (AvgIpc) is 2.10. The highest BCUT2D eigenvalue weighted by atomic mass is 19.3. The van der Waals surface area contributed by atoms with E-state index >= 15 is 0 Å². The number of nitrogens with zero attached hydrogens (tertiary/aromatic N) is 2. The third-order valence-corrected chi connectivity index (χ3v) is 1.67. The highest BCUT2D eigenvalue weighted by molar-refractivity contribution is 5.56. The van der Waals surface area contributed by atoms with E-state index in [4.69, 9.17) is 16.7 Å². The van der Waals surface area contributed by atoms with Crippen molar-refractivity contribution in [1.29, 1.82) is 5.26 Å². The lowest BCUT2D eigenvalue weighted by molar-refractivity contribution is 0.152. The molecule has 4 N–H and O–H groups in total. The first-order valence-electron chi connectivity index (χ1n) is 3.76. The standard InChI is InChI=1S/C8H8F2N4/c9-8(10)4-3-6(12)14-5(1-2-11)7(4)13/h3,8H,1,13H2,(H2,12,14). The van der Waals surface area contributed by atoms with Gasteiger partial charge in [-0.1, -0.05) is 0 Å². The number of hydrogen-bond acceptors (Lipinski definition) is 4. The molecule has 0 aliphatic carbocycles. The lowest BCUT2D eigenvalue weighted by Gasteiger charge is -2.08. The molecule has 1 aromatic heterocycles. The molecule has 1 aromatic rings. The van der Waals surface area contributed by atoms with Crippen molar-refractivity contribution >= 4 is 11.5 Å². The Balaban J connectivity index is 3.26. The maximum absolute atomic E-state index is 12.4. The van der Waals surface area contributed by atoms with Gasteiger partial charge in [-0.25, -0.2) is 13.8 Å². The number of anilines is 2. The van der Waals surface area contributed by atoms with Crippen molar-refractivity contribution in [2.75, 3.05) is 11.5 Å². The van der Waals surface area contributed by atoms with Crippen LogP contribution in [-0.4, -0.2) is 4.98 Å². The quantitative estimate of drug-likeness (QED) is 0.748. The second-order valence-electron chi connectivity index (χ2n) is 2.63. The molecule has 1 rings (SSSR count). The first kappa shape index (κ1) is 10.2. The Bertz CT molecular complexity index is 384. The molecule has 0 bridgehead atoms. The number of nitrogens with two attached hydrogens (primary N) is 2. The van der Waals surface area contributed by atoms with Crippen molar-refractivity contribution in [2.24, 2.45) is 0 Å². The Morgan fingerprint density at radius 3 is 2.64 bits per heavy atom. The van der Waals surface area contributed by atoms with Gasteiger partial charge >= 0.3 is 0 Å². The van der Waals surface area contributed by atoms with Crippen LogP contribution in [0.4, 0.5) is 20.3 Å². The van der Waals surface area contributed by atoms with Gasteiger partial charge in [0.1, 0.15) is 5.82 Å². The minimum absolute atomic E-state index is 0.0558. The van der Waals surface area contributed by atoms with Crippen LogP contribution in [0.5, 0.6) is 0 Å². The van der Waals surface area contributed by atoms with Crippen molar-refractivity contribution in [2.45, 2.75) is 12.8 Å². The number of pyridine rings is 1. The van der Waals surface area contributed by atoms with Crippen molar-refractivity contribution in [3.05, 3.63) is 17.3 Å². The van der Waals surface area contributed by atoms with Crippen LogP contribution in [0.3, 0.4) is 0 Å². The first-order valence-corrected chi connectivity index (χ1v) is 3.76. The molecule has 0 fully saturated rings. The smallest absolute Gasteiger partial charge is 0.266 e. The van der Waals surface area contributed by atoms with Crippen LogP contribution in [0.1, 0.15) is 17.7 Å². The molecule has 1 heterocycles. The van der Waals surface area contributed by atoms with E-state index in [1.165, 1.54) is 0 Å². The Hall–Kier alpha value is -1.90. The van der Waals surface area contributed by atoms with Gasteiger partial charge in [0, 0.05) is 5.56 Å². The Morgan fingerprint density at radius 1 is 1.50 bits per heavy atom. The fourth-order valence-electron chi connectivity index (χ4n) is 1.04. The molecule has 0 aliphatic heterocycles. The molecule has 0 amide bonds. The molecule has 0 radical (unpaired) electrons. The van der Waals surface area contributed by atoms with E-state index in [0.717, 1.165) is 6.07 Å². The number of rotatable bonds is 2. The molecule has 0 aromatic carbocycles. The van der Waals surface area contributed by atoms with Crippen molar-refractivity contribution in [3.8, 4) is 6.07 Å². The van der Waals surface area contributed by atoms with Gasteiger partial charge in [0.2, 0.25) is 0 Å². The van der Waals surface area contributed by atoms with Crippen molar-refractivity contribution in [1.82, 2.24) is 4.98 Å². The number of nitrogen functional groups attached to an aromatic ring is 2. The van der Waals surface area contributed by atoms with E-state index in [0.29, 0.717) is 0 Å². The summed E-state index contributed by atoms with van der Waals surface area (Å²) in [6.07, 6.45) is -2.84. The third kappa shape index (κ3) is 1.88. The Labute approximate surface area is 79.1 Å². The van der Waals surface area contributed by atoms with Crippen LogP contribution >= 0.6 is 0 Å². The second kappa shape index (κ2) is 3.87. The van der Waals surface area contributed by atoms with Gasteiger partial charge in [0.25, 0.3) is 6.43 Å². The summed E-state index contributed by atoms with van der Waals surface area (Å²) in [6, 6.07) is 2.79. The molecule has 0 saturated heterocycles. The third-order valence-electron chi connectivity index (χ3n) is 1.67. The molecule has 0 saturated carbocycles. The van der Waals surface area contributed by atoms with E-state index < -0.39 is 6.43 Å². The lowest BCUT2D eigenvalue weighted by Crippen LogP contribution is -2.05. The topological polar surface area (TPSA) is 88.7 Å². The summed E-state index contributed by atoms with van der Waals surface area (Å²) < 4.78 is 24.8. The highest BCUT2D eigenvalue weighted by Gasteiger charge is 2.16. The minimum Gasteiger partial charge on any atom is -0.397 e. The summed E-state index contributed by atoms with van der Waals surface area (Å²) in [6.45, 7) is 0. The summed E-state index contributed by atoms with van der Waals surface area (Å²) in [4.78, 5) is 3.70. The number of aromatic nitrogens is 1. The molecule has 0 atom stereocenters. The molecule has 0 unspecified atom stereocenters. The molecular weight excluding hydrogens is 190 g/mol. The van der Waals surface area contributed by atoms with Gasteiger partial charge in [-0.3, -0.25) is 0 Å². The molecule has 0 spiro atoms. The minimum atomic E-state index is -2.71. The number of nitriles is 1. The Kier molecular flexibility index (Phi) is 2.82. The largest absolute Gasteiger partial charge is 0.397 e. The lowest BCUT2D eigenvalue weighted by atomic mass is 10.1. The zero-order valence-corrected chi connectivity index (χ0v) is 7.17. The molecule has 4 nitrogen and oxygen atoms in total. The summed E-state index contributed by atoms with van der Waals surface area (Å²) in [5, 5.41) is 8.39. The molecular formula is C8H8F2N4. The zero-order valence-electron chi connectivity index (χ0n) is 7.17. The summed E-state index contributed by atoms with van der Waals surface area (Å²) in [5.41, 5.74) is 10.2. The maximum atomic E-state index is 12.4. The van der Waals surface area contributed by atoms with Crippen LogP contribution in [0, 0.1) is 11.3 Å². The van der Waals surface area contributed by atoms with E-state index in [9.17, 15) is 8.78 Å². The van der Waals surface area contributed by atoms with Crippen LogP contribution in [-0.2, 0) is 6.42 Å². The predicted molar refractivity (Wildman–Crippen MR) is 47.3 cm³/mol. The van der Waals surface area contributed by atoms with Gasteiger partial charge in [0.15, 0.2) is 0 Å². The second-order valence-corrected chi connectivity index (χ2v) is 2.63. The van der Waals surface area contributed by atoms with Gasteiger partial charge in [0.05, 0.1) is 23.9 Å². The molecule has 14 heavy (non-hydrogen) atoms. The van der Waals surface area contributed by atoms with Crippen molar-refractivity contribution in [3.63, 3.8) is 0 Å². The van der Waals surface area contributed by atoms with Gasteiger partial charge in [-0.2, -0.15) is 5.26 Å². The van der Waals surface area contributed by atoms with Gasteiger partial charge < -0.3 is 11.5 Å². The Morgan fingerprint density at radius 2 is 2.14 bits per heavy atom. The van der Waals surface area contributed by atoms with Gasteiger partial charge in [-0.15, -0.1) is 0 Å². The van der Waals surface area contributed by atoms with Crippen molar-refractivity contribution < 1.29 is 8.78 Å². The normalized spacial score (nSPS) is 10.1. The summed E-state index contributed by atoms with van der Waals surface area (Å²) in [7, 11) is 0. The predicted octanol–water partition coefficient (Wildman–Crippen LogP) is 1.25. The SMILES string of the molecule is N#CCc1nc(N)cc(C(F)F)c1N. The fourth-order valence-corrected chi connectivity index (χ4v) is 1.04. The van der Waals surface area contributed by atoms with E-state index in [-0.39, 0.29) is 29.2 Å². The number of halogens is 2. The molecule has 0 aliphatic rings. The number of alkyl halides is 2. The van der Waals surface area contributed by atoms with Gasteiger partial charge in [-0.05, 0) is 6.07 Å². The first-order chi connectivity index (χ1) is 6.56. The van der Waals surface area contributed by atoms with E-state index in [2.05, 4.69) is 4.98 Å². The monoisotopic (exact) mass is 198 g/mol. The van der Waals surface area contributed by atoms with E-state index in [1.807, 2.05) is 0 Å². The van der Waals surface area contributed by atoms with Crippen LogP contribution < -0.4 is 11.5 Å². The zero-order chi connectivity index (χ0) is 10.7. The van der Waals surface area contributed by atoms with Crippen LogP contribution in [0.15, 0.2) is 6.07 Å². The summed E-state index contributed by atoms with van der Waals surface area (Å²) >= 11 is 0. The van der Waals surface area contributed by atoms with Crippen LogP contribution in [0.2, 0.25) is 0 Å². The van der Waals surface area contributed by atoms with E-state index in [1.54, 1.807) is 6.07 Å². The fraction of sp³-hybridized carbons (Fsp3) is 0.250. The number of hydrogen-bond donors (Lipinski definition) is 2. The van der Waals surface area contributed by atoms with Crippen LogP contribution in [0.25, 0.3) is 0 Å². The maximum Gasteiger partial charge on any atom is 0.266 e. The molecule has 6 heteroatoms. The average molecular weight is 198 g/mol. The molecule has 74 valence electrons.